The highest BCUT2D eigenvalue weighted by molar-refractivity contribution is 7.80. The third kappa shape index (κ3) is 12.1. The highest BCUT2D eigenvalue weighted by atomic mass is 32.1. The summed E-state index contributed by atoms with van der Waals surface area (Å²) in [5.41, 5.74) is 0. The van der Waals surface area contributed by atoms with Gasteiger partial charge in [-0.2, -0.15) is 25.3 Å². The molecule has 6 heteroatoms. The van der Waals surface area contributed by atoms with Crippen LogP contribution in [0.1, 0.15) is 38.5 Å². The highest BCUT2D eigenvalue weighted by Gasteiger charge is 2.08. The molecule has 0 saturated carbocycles. The van der Waals surface area contributed by atoms with Gasteiger partial charge in [-0.15, -0.1) is 0 Å². The SMILES string of the molecule is O=C(CCC(=O)OCCCCS)OCCCCS. The van der Waals surface area contributed by atoms with Crippen molar-refractivity contribution in [3.8, 4) is 0 Å². The molecule has 0 unspecified atom stereocenters. The maximum Gasteiger partial charge on any atom is 0.306 e. The van der Waals surface area contributed by atoms with E-state index in [1.807, 2.05) is 0 Å². The molecule has 106 valence electrons. The van der Waals surface area contributed by atoms with E-state index in [1.165, 1.54) is 0 Å². The van der Waals surface area contributed by atoms with Crippen LogP contribution in [-0.2, 0) is 19.1 Å². The van der Waals surface area contributed by atoms with Crippen LogP contribution in [0.2, 0.25) is 0 Å². The van der Waals surface area contributed by atoms with Gasteiger partial charge in [-0.05, 0) is 37.2 Å². The van der Waals surface area contributed by atoms with Crippen molar-refractivity contribution in [2.75, 3.05) is 24.7 Å². The second kappa shape index (κ2) is 13.1. The van der Waals surface area contributed by atoms with Crippen molar-refractivity contribution in [2.24, 2.45) is 0 Å². The second-order valence-electron chi connectivity index (χ2n) is 3.80. The van der Waals surface area contributed by atoms with Crippen LogP contribution in [0.25, 0.3) is 0 Å². The average molecular weight is 294 g/mol. The molecule has 0 aliphatic carbocycles. The van der Waals surface area contributed by atoms with Crippen molar-refractivity contribution in [3.63, 3.8) is 0 Å². The Bertz CT molecular complexity index is 210. The summed E-state index contributed by atoms with van der Waals surface area (Å²) in [5.74, 6) is 0.884. The van der Waals surface area contributed by atoms with Crippen LogP contribution in [0.15, 0.2) is 0 Å². The summed E-state index contributed by atoms with van der Waals surface area (Å²) in [6.45, 7) is 0.798. The predicted molar refractivity (Wildman–Crippen MR) is 77.3 cm³/mol. The Labute approximate surface area is 120 Å². The predicted octanol–water partition coefficient (Wildman–Crippen LogP) is 2.27. The summed E-state index contributed by atoms with van der Waals surface area (Å²) >= 11 is 8.11. The minimum Gasteiger partial charge on any atom is -0.466 e. The first-order valence-electron chi connectivity index (χ1n) is 6.23. The number of carbonyl (C=O) groups excluding carboxylic acids is 2. The van der Waals surface area contributed by atoms with Gasteiger partial charge in [-0.1, -0.05) is 0 Å². The molecule has 0 fully saturated rings. The number of rotatable bonds is 11. The van der Waals surface area contributed by atoms with Gasteiger partial charge in [0.1, 0.15) is 0 Å². The van der Waals surface area contributed by atoms with Crippen LogP contribution in [0.4, 0.5) is 0 Å². The number of hydrogen-bond acceptors (Lipinski definition) is 6. The Balaban J connectivity index is 3.39. The highest BCUT2D eigenvalue weighted by Crippen LogP contribution is 2.00. The Morgan fingerprint density at radius 2 is 1.11 bits per heavy atom. The second-order valence-corrected chi connectivity index (χ2v) is 4.70. The normalized spacial score (nSPS) is 10.1. The molecule has 0 aromatic heterocycles. The zero-order valence-corrected chi connectivity index (χ0v) is 12.4. The minimum atomic E-state index is -0.346. The molecule has 0 N–H and O–H groups in total. The molecule has 0 rings (SSSR count). The van der Waals surface area contributed by atoms with Gasteiger partial charge in [0.2, 0.25) is 0 Å². The van der Waals surface area contributed by atoms with E-state index in [2.05, 4.69) is 25.3 Å². The molecular weight excluding hydrogens is 272 g/mol. The minimum absolute atomic E-state index is 0.0896. The molecular formula is C12H22O4S2. The van der Waals surface area contributed by atoms with Crippen LogP contribution in [0.3, 0.4) is 0 Å². The molecule has 0 radical (unpaired) electrons. The first-order valence-corrected chi connectivity index (χ1v) is 7.50. The average Bonchev–Trinajstić information content (AvgIpc) is 2.37. The van der Waals surface area contributed by atoms with E-state index < -0.39 is 0 Å². The van der Waals surface area contributed by atoms with Gasteiger partial charge in [-0.25, -0.2) is 0 Å². The molecule has 0 aromatic rings. The Morgan fingerprint density at radius 1 is 0.722 bits per heavy atom. The van der Waals surface area contributed by atoms with Gasteiger partial charge >= 0.3 is 11.9 Å². The summed E-state index contributed by atoms with van der Waals surface area (Å²) < 4.78 is 9.89. The molecule has 0 heterocycles. The molecule has 0 atom stereocenters. The van der Waals surface area contributed by atoms with Crippen LogP contribution in [0.5, 0.6) is 0 Å². The quantitative estimate of drug-likeness (QED) is 0.349. The smallest absolute Gasteiger partial charge is 0.306 e. The molecule has 0 amide bonds. The van der Waals surface area contributed by atoms with Gasteiger partial charge in [0.25, 0.3) is 0 Å². The zero-order valence-electron chi connectivity index (χ0n) is 10.6. The van der Waals surface area contributed by atoms with Crippen LogP contribution >= 0.6 is 25.3 Å². The lowest BCUT2D eigenvalue weighted by Gasteiger charge is -2.05. The molecule has 0 bridgehead atoms. The van der Waals surface area contributed by atoms with E-state index in [4.69, 9.17) is 9.47 Å². The van der Waals surface area contributed by atoms with E-state index >= 15 is 0 Å². The van der Waals surface area contributed by atoms with E-state index in [1.54, 1.807) is 0 Å². The van der Waals surface area contributed by atoms with E-state index in [-0.39, 0.29) is 24.8 Å². The molecule has 0 aliphatic rings. The van der Waals surface area contributed by atoms with Crippen molar-refractivity contribution >= 4 is 37.2 Å². The molecule has 0 aromatic carbocycles. The number of carbonyl (C=O) groups is 2. The van der Waals surface area contributed by atoms with Crippen LogP contribution in [-0.4, -0.2) is 36.7 Å². The Morgan fingerprint density at radius 3 is 1.44 bits per heavy atom. The monoisotopic (exact) mass is 294 g/mol. The van der Waals surface area contributed by atoms with Crippen molar-refractivity contribution in [2.45, 2.75) is 38.5 Å². The third-order valence-electron chi connectivity index (χ3n) is 2.16. The van der Waals surface area contributed by atoms with Crippen molar-refractivity contribution in [1.29, 1.82) is 0 Å². The maximum atomic E-state index is 11.2. The maximum absolute atomic E-state index is 11.2. The lowest BCUT2D eigenvalue weighted by Crippen LogP contribution is -2.11. The first kappa shape index (κ1) is 17.6. The third-order valence-corrected chi connectivity index (χ3v) is 2.80. The van der Waals surface area contributed by atoms with Crippen LogP contribution in [0, 0.1) is 0 Å². The lowest BCUT2D eigenvalue weighted by molar-refractivity contribution is -0.150. The molecule has 18 heavy (non-hydrogen) atoms. The lowest BCUT2D eigenvalue weighted by atomic mass is 10.3. The Hall–Kier alpha value is -0.360. The fourth-order valence-corrected chi connectivity index (χ4v) is 1.60. The summed E-state index contributed by atoms with van der Waals surface area (Å²) in [7, 11) is 0. The van der Waals surface area contributed by atoms with Gasteiger partial charge < -0.3 is 9.47 Å². The van der Waals surface area contributed by atoms with E-state index in [0.717, 1.165) is 37.2 Å². The topological polar surface area (TPSA) is 52.6 Å². The first-order chi connectivity index (χ1) is 8.70. The Kier molecular flexibility index (Phi) is 12.8. The molecule has 4 nitrogen and oxygen atoms in total. The number of ether oxygens (including phenoxy) is 2. The summed E-state index contributed by atoms with van der Waals surface area (Å²) in [5, 5.41) is 0. The fraction of sp³-hybridized carbons (Fsp3) is 0.833. The van der Waals surface area contributed by atoms with E-state index in [9.17, 15) is 9.59 Å². The molecule has 0 aliphatic heterocycles. The fourth-order valence-electron chi connectivity index (χ4n) is 1.15. The van der Waals surface area contributed by atoms with Crippen molar-refractivity contribution < 1.29 is 19.1 Å². The van der Waals surface area contributed by atoms with Crippen molar-refractivity contribution in [1.82, 2.24) is 0 Å². The summed E-state index contributed by atoms with van der Waals surface area (Å²) in [6, 6.07) is 0. The van der Waals surface area contributed by atoms with E-state index in [0.29, 0.717) is 13.2 Å². The largest absolute Gasteiger partial charge is 0.466 e. The number of esters is 2. The van der Waals surface area contributed by atoms with Gasteiger partial charge in [0, 0.05) is 0 Å². The molecule has 0 saturated heterocycles. The number of thiol groups is 2. The summed E-state index contributed by atoms with van der Waals surface area (Å²) in [6.07, 6.45) is 3.64. The van der Waals surface area contributed by atoms with Crippen molar-refractivity contribution in [3.05, 3.63) is 0 Å². The van der Waals surface area contributed by atoms with Gasteiger partial charge in [0.15, 0.2) is 0 Å². The van der Waals surface area contributed by atoms with Crippen LogP contribution < -0.4 is 0 Å². The number of hydrogen-bond donors (Lipinski definition) is 2. The standard InChI is InChI=1S/C12H22O4S2/c13-11(15-7-1-3-9-17)5-6-12(14)16-8-2-4-10-18/h17-18H,1-10H2. The van der Waals surface area contributed by atoms with Gasteiger partial charge in [0.05, 0.1) is 26.1 Å². The summed E-state index contributed by atoms with van der Waals surface area (Å²) in [4.78, 5) is 22.5. The zero-order chi connectivity index (χ0) is 13.6. The van der Waals surface area contributed by atoms with Gasteiger partial charge in [-0.3, -0.25) is 9.59 Å². The number of unbranched alkanes of at least 4 members (excludes halogenated alkanes) is 2. The molecule has 0 spiro atoms.